The second-order valence-electron chi connectivity index (χ2n) is 4.24. The van der Waals surface area contributed by atoms with Gasteiger partial charge in [-0.1, -0.05) is 36.4 Å². The highest BCUT2D eigenvalue weighted by Gasteiger charge is 2.10. The van der Waals surface area contributed by atoms with E-state index >= 15 is 0 Å². The Morgan fingerprint density at radius 2 is 2.14 bits per heavy atom. The van der Waals surface area contributed by atoms with Crippen LogP contribution in [0.4, 0.5) is 9.93 Å². The molecule has 0 radical (unpaired) electrons. The molecule has 0 bridgehead atoms. The zero-order valence-electron chi connectivity index (χ0n) is 12.7. The molecular formula is C12H21N5O3S2. The Morgan fingerprint density at radius 3 is 2.86 bits per heavy atom. The molecule has 0 atom stereocenters. The SMILES string of the molecule is CCCCNc1nnc(SCC(=O)NC(=O)NCCOC)s1. The first kappa shape index (κ1) is 18.7. The van der Waals surface area contributed by atoms with Crippen LogP contribution in [0.3, 0.4) is 0 Å². The van der Waals surface area contributed by atoms with Crippen LogP contribution in [0.1, 0.15) is 19.8 Å². The summed E-state index contributed by atoms with van der Waals surface area (Å²) in [7, 11) is 1.54. The van der Waals surface area contributed by atoms with Crippen LogP contribution in [0.25, 0.3) is 0 Å². The average Bonchev–Trinajstić information content (AvgIpc) is 2.94. The van der Waals surface area contributed by atoms with Crippen LogP contribution < -0.4 is 16.0 Å². The molecule has 0 fully saturated rings. The zero-order chi connectivity index (χ0) is 16.2. The number of ether oxygens (including phenoxy) is 1. The van der Waals surface area contributed by atoms with E-state index in [2.05, 4.69) is 33.1 Å². The number of nitrogens with zero attached hydrogens (tertiary/aromatic N) is 2. The van der Waals surface area contributed by atoms with Crippen molar-refractivity contribution in [3.8, 4) is 0 Å². The summed E-state index contributed by atoms with van der Waals surface area (Å²) in [5, 5.41) is 16.6. The van der Waals surface area contributed by atoms with E-state index < -0.39 is 6.03 Å². The Labute approximate surface area is 137 Å². The monoisotopic (exact) mass is 347 g/mol. The first-order valence-electron chi connectivity index (χ1n) is 6.92. The van der Waals surface area contributed by atoms with Crippen LogP contribution in [0, 0.1) is 0 Å². The molecule has 0 aliphatic rings. The highest BCUT2D eigenvalue weighted by molar-refractivity contribution is 8.01. The Morgan fingerprint density at radius 1 is 1.32 bits per heavy atom. The molecular weight excluding hydrogens is 326 g/mol. The van der Waals surface area contributed by atoms with Gasteiger partial charge >= 0.3 is 6.03 Å². The summed E-state index contributed by atoms with van der Waals surface area (Å²) in [4.78, 5) is 22.9. The molecule has 0 saturated carbocycles. The minimum atomic E-state index is -0.526. The summed E-state index contributed by atoms with van der Waals surface area (Å²) in [6.07, 6.45) is 2.18. The van der Waals surface area contributed by atoms with Crippen LogP contribution in [-0.2, 0) is 9.53 Å². The van der Waals surface area contributed by atoms with Gasteiger partial charge in [-0.2, -0.15) is 0 Å². The van der Waals surface area contributed by atoms with Gasteiger partial charge in [0.25, 0.3) is 0 Å². The lowest BCUT2D eigenvalue weighted by Gasteiger charge is -2.05. The molecule has 3 amide bonds. The summed E-state index contributed by atoms with van der Waals surface area (Å²) in [5.41, 5.74) is 0. The smallest absolute Gasteiger partial charge is 0.321 e. The number of thioether (sulfide) groups is 1. The number of unbranched alkanes of at least 4 members (excludes halogenated alkanes) is 1. The molecule has 124 valence electrons. The summed E-state index contributed by atoms with van der Waals surface area (Å²) in [5.74, 6) is -0.267. The molecule has 0 unspecified atom stereocenters. The Bertz CT molecular complexity index is 469. The summed E-state index contributed by atoms with van der Waals surface area (Å²) in [6, 6.07) is -0.526. The summed E-state index contributed by atoms with van der Waals surface area (Å²) in [6.45, 7) is 3.73. The van der Waals surface area contributed by atoms with Crippen molar-refractivity contribution in [1.29, 1.82) is 0 Å². The van der Waals surface area contributed by atoms with Gasteiger partial charge in [-0.3, -0.25) is 10.1 Å². The minimum absolute atomic E-state index is 0.112. The van der Waals surface area contributed by atoms with Crippen LogP contribution >= 0.6 is 23.1 Å². The number of imide groups is 1. The predicted molar refractivity (Wildman–Crippen MR) is 87.4 cm³/mol. The molecule has 1 rings (SSSR count). The Hall–Kier alpha value is -1.39. The van der Waals surface area contributed by atoms with Crippen molar-refractivity contribution in [1.82, 2.24) is 20.8 Å². The summed E-state index contributed by atoms with van der Waals surface area (Å²) < 4.78 is 5.48. The van der Waals surface area contributed by atoms with Gasteiger partial charge in [0.05, 0.1) is 12.4 Å². The van der Waals surface area contributed by atoms with Crippen LogP contribution in [0.2, 0.25) is 0 Å². The topological polar surface area (TPSA) is 105 Å². The molecule has 0 saturated heterocycles. The third-order valence-corrected chi connectivity index (χ3v) is 4.40. The van der Waals surface area contributed by atoms with Crippen LogP contribution in [0.15, 0.2) is 4.34 Å². The number of rotatable bonds is 10. The molecule has 22 heavy (non-hydrogen) atoms. The van der Waals surface area contributed by atoms with Crippen molar-refractivity contribution in [2.24, 2.45) is 0 Å². The normalized spacial score (nSPS) is 10.3. The van der Waals surface area contributed by atoms with Gasteiger partial charge in [-0.15, -0.1) is 10.2 Å². The molecule has 3 N–H and O–H groups in total. The molecule has 1 aromatic rings. The van der Waals surface area contributed by atoms with Crippen molar-refractivity contribution < 1.29 is 14.3 Å². The van der Waals surface area contributed by atoms with Gasteiger partial charge in [0, 0.05) is 20.2 Å². The molecule has 0 aliphatic carbocycles. The number of amides is 3. The van der Waals surface area contributed by atoms with Crippen molar-refractivity contribution in [2.75, 3.05) is 37.9 Å². The Balaban J connectivity index is 2.22. The first-order valence-corrected chi connectivity index (χ1v) is 8.72. The number of anilines is 1. The number of methoxy groups -OCH3 is 1. The molecule has 0 aliphatic heterocycles. The van der Waals surface area contributed by atoms with E-state index in [1.54, 1.807) is 0 Å². The number of hydrogen-bond donors (Lipinski definition) is 3. The number of hydrogen-bond acceptors (Lipinski definition) is 8. The molecule has 10 heteroatoms. The lowest BCUT2D eigenvalue weighted by atomic mass is 10.3. The third kappa shape index (κ3) is 8.15. The van der Waals surface area contributed by atoms with Gasteiger partial charge < -0.3 is 15.4 Å². The van der Waals surface area contributed by atoms with E-state index in [4.69, 9.17) is 4.74 Å². The quantitative estimate of drug-likeness (QED) is 0.433. The van der Waals surface area contributed by atoms with E-state index in [1.807, 2.05) is 0 Å². The predicted octanol–water partition coefficient (Wildman–Crippen LogP) is 1.31. The second-order valence-corrected chi connectivity index (χ2v) is 6.44. The van der Waals surface area contributed by atoms with Gasteiger partial charge in [0.1, 0.15) is 0 Å². The number of urea groups is 1. The van der Waals surface area contributed by atoms with Gasteiger partial charge in [-0.25, -0.2) is 4.79 Å². The fourth-order valence-corrected chi connectivity index (χ4v) is 2.89. The molecule has 1 heterocycles. The Kier molecular flexibility index (Phi) is 9.51. The van der Waals surface area contributed by atoms with Crippen molar-refractivity contribution >= 4 is 40.2 Å². The highest BCUT2D eigenvalue weighted by Crippen LogP contribution is 2.25. The number of aromatic nitrogens is 2. The minimum Gasteiger partial charge on any atom is -0.383 e. The molecule has 1 aromatic heterocycles. The summed E-state index contributed by atoms with van der Waals surface area (Å²) >= 11 is 2.64. The van der Waals surface area contributed by atoms with Crippen molar-refractivity contribution in [3.63, 3.8) is 0 Å². The van der Waals surface area contributed by atoms with E-state index in [0.717, 1.165) is 24.5 Å². The van der Waals surface area contributed by atoms with Gasteiger partial charge in [0.15, 0.2) is 4.34 Å². The van der Waals surface area contributed by atoms with E-state index in [9.17, 15) is 9.59 Å². The van der Waals surface area contributed by atoms with E-state index in [1.165, 1.54) is 30.2 Å². The lowest BCUT2D eigenvalue weighted by Crippen LogP contribution is -2.41. The first-order chi connectivity index (χ1) is 10.7. The third-order valence-electron chi connectivity index (χ3n) is 2.38. The second kappa shape index (κ2) is 11.2. The van der Waals surface area contributed by atoms with E-state index in [0.29, 0.717) is 17.5 Å². The maximum atomic E-state index is 11.6. The maximum absolute atomic E-state index is 11.6. The van der Waals surface area contributed by atoms with E-state index in [-0.39, 0.29) is 11.7 Å². The molecule has 0 spiro atoms. The number of nitrogens with one attached hydrogen (secondary N) is 3. The fraction of sp³-hybridized carbons (Fsp3) is 0.667. The highest BCUT2D eigenvalue weighted by atomic mass is 32.2. The lowest BCUT2D eigenvalue weighted by molar-refractivity contribution is -0.117. The maximum Gasteiger partial charge on any atom is 0.321 e. The van der Waals surface area contributed by atoms with Crippen molar-refractivity contribution in [2.45, 2.75) is 24.1 Å². The molecule has 8 nitrogen and oxygen atoms in total. The van der Waals surface area contributed by atoms with Crippen LogP contribution in [-0.4, -0.2) is 54.7 Å². The largest absolute Gasteiger partial charge is 0.383 e. The standard InChI is InChI=1S/C12H21N5O3S2/c1-3-4-5-14-11-16-17-12(22-11)21-8-9(18)15-10(19)13-6-7-20-2/h3-8H2,1-2H3,(H,14,16)(H2,13,15,18,19). The average molecular weight is 347 g/mol. The fourth-order valence-electron chi connectivity index (χ4n) is 1.31. The number of carbonyl (C=O) groups excluding carboxylic acids is 2. The zero-order valence-corrected chi connectivity index (χ0v) is 14.3. The van der Waals surface area contributed by atoms with Crippen molar-refractivity contribution in [3.05, 3.63) is 0 Å². The van der Waals surface area contributed by atoms with Gasteiger partial charge in [-0.05, 0) is 6.42 Å². The van der Waals surface area contributed by atoms with Crippen LogP contribution in [0.5, 0.6) is 0 Å². The molecule has 0 aromatic carbocycles. The number of carbonyl (C=O) groups is 2. The van der Waals surface area contributed by atoms with Gasteiger partial charge in [0.2, 0.25) is 11.0 Å².